The van der Waals surface area contributed by atoms with E-state index in [9.17, 15) is 10.1 Å². The van der Waals surface area contributed by atoms with Crippen molar-refractivity contribution in [2.75, 3.05) is 5.32 Å². The van der Waals surface area contributed by atoms with Crippen molar-refractivity contribution in [3.63, 3.8) is 0 Å². The summed E-state index contributed by atoms with van der Waals surface area (Å²) in [5, 5.41) is 21.5. The van der Waals surface area contributed by atoms with E-state index in [1.807, 2.05) is 6.92 Å². The average Bonchev–Trinajstić information content (AvgIpc) is 3.01. The van der Waals surface area contributed by atoms with Gasteiger partial charge in [-0.25, -0.2) is 4.98 Å². The third kappa shape index (κ3) is 2.38. The van der Waals surface area contributed by atoms with Crippen molar-refractivity contribution in [1.29, 1.82) is 0 Å². The second-order valence-electron chi connectivity index (χ2n) is 4.53. The standard InChI is InChI=1S/C13H12N6O2/c1-8(13-15-7-16-18-13)17-11-5-4-10-9(3-2-6-14-10)12(11)19(20)21/h2-8,17H,1H3,(H,15,16,18). The molecular formula is C13H12N6O2. The van der Waals surface area contributed by atoms with Gasteiger partial charge >= 0.3 is 5.69 Å². The first-order valence-electron chi connectivity index (χ1n) is 6.30. The second-order valence-corrected chi connectivity index (χ2v) is 4.53. The molecule has 1 aromatic carbocycles. The Kier molecular flexibility index (Phi) is 3.19. The fraction of sp³-hybridized carbons (Fsp3) is 0.154. The normalized spacial score (nSPS) is 12.2. The van der Waals surface area contributed by atoms with Crippen LogP contribution in [0.4, 0.5) is 11.4 Å². The van der Waals surface area contributed by atoms with Gasteiger partial charge in [0.25, 0.3) is 0 Å². The van der Waals surface area contributed by atoms with Gasteiger partial charge in [-0.15, -0.1) is 0 Å². The molecule has 21 heavy (non-hydrogen) atoms. The zero-order valence-corrected chi connectivity index (χ0v) is 11.1. The summed E-state index contributed by atoms with van der Waals surface area (Å²) < 4.78 is 0. The van der Waals surface area contributed by atoms with E-state index >= 15 is 0 Å². The van der Waals surface area contributed by atoms with Crippen LogP contribution in [0.5, 0.6) is 0 Å². The first kappa shape index (κ1) is 13.0. The summed E-state index contributed by atoms with van der Waals surface area (Å²) in [4.78, 5) is 19.2. The van der Waals surface area contributed by atoms with Gasteiger partial charge < -0.3 is 5.32 Å². The zero-order chi connectivity index (χ0) is 14.8. The Hall–Kier alpha value is -3.03. The molecule has 0 bridgehead atoms. The largest absolute Gasteiger partial charge is 0.370 e. The minimum Gasteiger partial charge on any atom is -0.370 e. The number of rotatable bonds is 4. The third-order valence-corrected chi connectivity index (χ3v) is 3.16. The number of fused-ring (bicyclic) bond motifs is 1. The summed E-state index contributed by atoms with van der Waals surface area (Å²) in [7, 11) is 0. The molecule has 0 saturated carbocycles. The van der Waals surface area contributed by atoms with Crippen LogP contribution in [0.3, 0.4) is 0 Å². The molecule has 8 nitrogen and oxygen atoms in total. The molecule has 0 fully saturated rings. The molecule has 1 atom stereocenters. The number of H-pyrrole nitrogens is 1. The molecule has 3 aromatic rings. The van der Waals surface area contributed by atoms with Crippen molar-refractivity contribution in [3.05, 3.63) is 52.7 Å². The number of hydrogen-bond donors (Lipinski definition) is 2. The van der Waals surface area contributed by atoms with Crippen LogP contribution in [-0.4, -0.2) is 25.1 Å². The lowest BCUT2D eigenvalue weighted by Gasteiger charge is -2.13. The maximum atomic E-state index is 11.4. The highest BCUT2D eigenvalue weighted by Gasteiger charge is 2.21. The number of anilines is 1. The van der Waals surface area contributed by atoms with Crippen LogP contribution < -0.4 is 5.32 Å². The van der Waals surface area contributed by atoms with Crippen LogP contribution in [0, 0.1) is 10.1 Å². The van der Waals surface area contributed by atoms with Gasteiger partial charge in [0.15, 0.2) is 0 Å². The smallest absolute Gasteiger partial charge is 0.301 e. The second kappa shape index (κ2) is 5.16. The van der Waals surface area contributed by atoms with Crippen molar-refractivity contribution >= 4 is 22.3 Å². The number of pyridine rings is 1. The highest BCUT2D eigenvalue weighted by molar-refractivity contribution is 5.94. The first-order valence-corrected chi connectivity index (χ1v) is 6.30. The fourth-order valence-corrected chi connectivity index (χ4v) is 2.18. The van der Waals surface area contributed by atoms with Gasteiger partial charge in [0.2, 0.25) is 0 Å². The Morgan fingerprint density at radius 1 is 1.33 bits per heavy atom. The fourth-order valence-electron chi connectivity index (χ4n) is 2.18. The lowest BCUT2D eigenvalue weighted by Crippen LogP contribution is -2.10. The maximum Gasteiger partial charge on any atom is 0.301 e. The molecule has 0 aliphatic carbocycles. The Bertz CT molecular complexity index is 786. The molecule has 0 radical (unpaired) electrons. The van der Waals surface area contributed by atoms with Gasteiger partial charge in [0.1, 0.15) is 17.8 Å². The predicted molar refractivity (Wildman–Crippen MR) is 76.8 cm³/mol. The van der Waals surface area contributed by atoms with Crippen molar-refractivity contribution in [2.24, 2.45) is 0 Å². The molecule has 2 N–H and O–H groups in total. The molecule has 0 saturated heterocycles. The highest BCUT2D eigenvalue weighted by Crippen LogP contribution is 2.34. The number of nitrogens with one attached hydrogen (secondary N) is 2. The molecule has 0 aliphatic heterocycles. The Morgan fingerprint density at radius 3 is 2.90 bits per heavy atom. The molecule has 1 unspecified atom stereocenters. The van der Waals surface area contributed by atoms with Crippen molar-refractivity contribution in [3.8, 4) is 0 Å². The molecule has 106 valence electrons. The predicted octanol–water partition coefficient (Wildman–Crippen LogP) is 2.43. The molecule has 3 rings (SSSR count). The summed E-state index contributed by atoms with van der Waals surface area (Å²) >= 11 is 0. The van der Waals surface area contributed by atoms with E-state index in [1.165, 1.54) is 6.33 Å². The lowest BCUT2D eigenvalue weighted by atomic mass is 10.1. The van der Waals surface area contributed by atoms with Gasteiger partial charge in [-0.1, -0.05) is 0 Å². The zero-order valence-electron chi connectivity index (χ0n) is 11.1. The van der Waals surface area contributed by atoms with Gasteiger partial charge in [-0.05, 0) is 31.2 Å². The van der Waals surface area contributed by atoms with Crippen LogP contribution in [0.1, 0.15) is 18.8 Å². The van der Waals surface area contributed by atoms with Crippen LogP contribution in [0.15, 0.2) is 36.8 Å². The number of benzene rings is 1. The molecule has 2 aromatic heterocycles. The van der Waals surface area contributed by atoms with Gasteiger partial charge in [0, 0.05) is 6.20 Å². The topological polar surface area (TPSA) is 110 Å². The molecule has 0 spiro atoms. The van der Waals surface area contributed by atoms with Crippen LogP contribution >= 0.6 is 0 Å². The number of nitro benzene ring substituents is 1. The summed E-state index contributed by atoms with van der Waals surface area (Å²) in [6, 6.07) is 6.53. The first-order chi connectivity index (χ1) is 10.2. The number of aromatic amines is 1. The van der Waals surface area contributed by atoms with Crippen molar-refractivity contribution < 1.29 is 4.92 Å². The number of nitro groups is 1. The van der Waals surface area contributed by atoms with E-state index in [4.69, 9.17) is 0 Å². The summed E-state index contributed by atoms with van der Waals surface area (Å²) in [6.07, 6.45) is 3.00. The van der Waals surface area contributed by atoms with E-state index in [1.54, 1.807) is 30.5 Å². The molecule has 8 heteroatoms. The van der Waals surface area contributed by atoms with E-state index in [2.05, 4.69) is 25.5 Å². The number of nitrogens with zero attached hydrogens (tertiary/aromatic N) is 4. The number of hydrogen-bond acceptors (Lipinski definition) is 6. The SMILES string of the molecule is CC(Nc1ccc2ncccc2c1[N+](=O)[O-])c1ncn[nH]1. The number of aromatic nitrogens is 4. The molecule has 0 amide bonds. The van der Waals surface area contributed by atoms with Gasteiger partial charge in [-0.3, -0.25) is 20.2 Å². The monoisotopic (exact) mass is 284 g/mol. The minimum atomic E-state index is -0.403. The Morgan fingerprint density at radius 2 is 2.19 bits per heavy atom. The van der Waals surface area contributed by atoms with Crippen LogP contribution in [0.25, 0.3) is 10.9 Å². The van der Waals surface area contributed by atoms with Crippen molar-refractivity contribution in [2.45, 2.75) is 13.0 Å². The van der Waals surface area contributed by atoms with Gasteiger partial charge in [0.05, 0.1) is 21.9 Å². The minimum absolute atomic E-state index is 0.00645. The third-order valence-electron chi connectivity index (χ3n) is 3.16. The summed E-state index contributed by atoms with van der Waals surface area (Å²) in [6.45, 7) is 1.84. The van der Waals surface area contributed by atoms with E-state index in [0.29, 0.717) is 22.4 Å². The van der Waals surface area contributed by atoms with Crippen LogP contribution in [0.2, 0.25) is 0 Å². The van der Waals surface area contributed by atoms with E-state index in [-0.39, 0.29) is 11.7 Å². The Balaban J connectivity index is 2.06. The maximum absolute atomic E-state index is 11.4. The summed E-state index contributed by atoms with van der Waals surface area (Å²) in [5.74, 6) is 0.607. The van der Waals surface area contributed by atoms with Crippen LogP contribution in [-0.2, 0) is 0 Å². The molecular weight excluding hydrogens is 272 g/mol. The lowest BCUT2D eigenvalue weighted by molar-refractivity contribution is -0.382. The average molecular weight is 284 g/mol. The quantitative estimate of drug-likeness (QED) is 0.562. The highest BCUT2D eigenvalue weighted by atomic mass is 16.6. The molecule has 2 heterocycles. The van der Waals surface area contributed by atoms with Gasteiger partial charge in [-0.2, -0.15) is 5.10 Å². The Labute approximate surface area is 119 Å². The van der Waals surface area contributed by atoms with E-state index in [0.717, 1.165) is 0 Å². The molecule has 0 aliphatic rings. The summed E-state index contributed by atoms with van der Waals surface area (Å²) in [5.41, 5.74) is 1.01. The van der Waals surface area contributed by atoms with E-state index < -0.39 is 4.92 Å². The van der Waals surface area contributed by atoms with Crippen molar-refractivity contribution in [1.82, 2.24) is 20.2 Å².